The molecule has 0 bridgehead atoms. The zero-order valence-electron chi connectivity index (χ0n) is 11.3. The number of rotatable bonds is 5. The molecule has 1 aromatic heterocycles. The van der Waals surface area contributed by atoms with E-state index < -0.39 is 0 Å². The molecule has 0 spiro atoms. The molecule has 1 heterocycles. The van der Waals surface area contributed by atoms with Crippen LogP contribution in [0.2, 0.25) is 0 Å². The Morgan fingerprint density at radius 2 is 1.88 bits per heavy atom. The van der Waals surface area contributed by atoms with Gasteiger partial charge >= 0.3 is 0 Å². The molecule has 96 valence electrons. The Labute approximate surface area is 103 Å². The first-order chi connectivity index (χ1) is 7.85. The first-order valence-electron chi connectivity index (χ1n) is 5.91. The molecule has 0 aliphatic heterocycles. The van der Waals surface area contributed by atoms with Gasteiger partial charge in [-0.25, -0.2) is 15.8 Å². The number of nitrogens with zero attached hydrogens (tertiary/aromatic N) is 2. The fourth-order valence-electron chi connectivity index (χ4n) is 1.25. The number of hydrazine groups is 1. The number of aromatic nitrogens is 2. The highest BCUT2D eigenvalue weighted by Gasteiger charge is 2.22. The van der Waals surface area contributed by atoms with E-state index in [0.29, 0.717) is 17.6 Å². The molecule has 5 heteroatoms. The van der Waals surface area contributed by atoms with Crippen molar-refractivity contribution < 1.29 is 0 Å². The molecule has 0 aliphatic rings. The van der Waals surface area contributed by atoms with Crippen molar-refractivity contribution >= 4 is 11.6 Å². The highest BCUT2D eigenvalue weighted by Crippen LogP contribution is 2.26. The maximum absolute atomic E-state index is 5.35. The Bertz CT molecular complexity index is 373. The molecule has 0 saturated heterocycles. The average Bonchev–Trinajstić information content (AvgIpc) is 2.25. The fraction of sp³-hybridized carbons (Fsp3) is 0.667. The molecule has 0 aliphatic carbocycles. The summed E-state index contributed by atoms with van der Waals surface area (Å²) >= 11 is 0. The topological polar surface area (TPSA) is 75.9 Å². The molecule has 5 nitrogen and oxygen atoms in total. The van der Waals surface area contributed by atoms with E-state index in [1.54, 1.807) is 0 Å². The fourth-order valence-corrected chi connectivity index (χ4v) is 1.25. The maximum atomic E-state index is 5.35. The molecule has 0 atom stereocenters. The lowest BCUT2D eigenvalue weighted by atomic mass is 9.81. The van der Waals surface area contributed by atoms with E-state index in [1.807, 2.05) is 13.0 Å². The van der Waals surface area contributed by atoms with Crippen molar-refractivity contribution in [2.24, 2.45) is 17.2 Å². The van der Waals surface area contributed by atoms with Gasteiger partial charge in [-0.3, -0.25) is 0 Å². The number of nitrogens with two attached hydrogens (primary N) is 1. The van der Waals surface area contributed by atoms with E-state index in [0.717, 1.165) is 12.4 Å². The van der Waals surface area contributed by atoms with Gasteiger partial charge in [-0.1, -0.05) is 27.7 Å². The monoisotopic (exact) mass is 237 g/mol. The second-order valence-electron chi connectivity index (χ2n) is 5.33. The second kappa shape index (κ2) is 5.31. The van der Waals surface area contributed by atoms with Crippen LogP contribution in [0.15, 0.2) is 6.07 Å². The molecule has 1 rings (SSSR count). The lowest BCUT2D eigenvalue weighted by molar-refractivity contribution is 0.269. The van der Waals surface area contributed by atoms with Crippen LogP contribution in [-0.2, 0) is 0 Å². The summed E-state index contributed by atoms with van der Waals surface area (Å²) in [4.78, 5) is 8.47. The average molecular weight is 237 g/mol. The molecular weight excluding hydrogens is 214 g/mol. The summed E-state index contributed by atoms with van der Waals surface area (Å²) in [6, 6.07) is 1.81. The van der Waals surface area contributed by atoms with E-state index >= 15 is 0 Å². The van der Waals surface area contributed by atoms with Crippen LogP contribution in [0.3, 0.4) is 0 Å². The summed E-state index contributed by atoms with van der Waals surface area (Å²) in [6.07, 6.45) is 0. The van der Waals surface area contributed by atoms with E-state index in [4.69, 9.17) is 5.84 Å². The minimum atomic E-state index is 0.217. The van der Waals surface area contributed by atoms with Crippen LogP contribution in [0.5, 0.6) is 0 Å². The lowest BCUT2D eigenvalue weighted by Gasteiger charge is -2.29. The maximum Gasteiger partial charge on any atom is 0.145 e. The number of hydrogen-bond donors (Lipinski definition) is 3. The standard InChI is InChI=1S/C12H23N5/c1-8(2)12(4,5)7-14-10-6-11(17-13)16-9(3)15-10/h6,8H,7,13H2,1-5H3,(H2,14,15,16,17). The van der Waals surface area contributed by atoms with E-state index in [-0.39, 0.29) is 5.41 Å². The second-order valence-corrected chi connectivity index (χ2v) is 5.33. The van der Waals surface area contributed by atoms with Gasteiger partial charge in [0, 0.05) is 12.6 Å². The third kappa shape index (κ3) is 3.85. The Morgan fingerprint density at radius 3 is 2.41 bits per heavy atom. The first kappa shape index (κ1) is 13.7. The molecule has 0 aromatic carbocycles. The van der Waals surface area contributed by atoms with Gasteiger partial charge in [0.05, 0.1) is 0 Å². The summed E-state index contributed by atoms with van der Waals surface area (Å²) in [5.41, 5.74) is 2.75. The van der Waals surface area contributed by atoms with Gasteiger partial charge in [-0.2, -0.15) is 0 Å². The molecule has 4 N–H and O–H groups in total. The van der Waals surface area contributed by atoms with Gasteiger partial charge in [-0.05, 0) is 18.3 Å². The minimum Gasteiger partial charge on any atom is -0.369 e. The Morgan fingerprint density at radius 1 is 1.29 bits per heavy atom. The van der Waals surface area contributed by atoms with Crippen LogP contribution in [0, 0.1) is 18.3 Å². The van der Waals surface area contributed by atoms with Crippen LogP contribution >= 0.6 is 0 Å². The third-order valence-corrected chi connectivity index (χ3v) is 3.27. The van der Waals surface area contributed by atoms with Crippen molar-refractivity contribution in [2.45, 2.75) is 34.6 Å². The van der Waals surface area contributed by atoms with Crippen molar-refractivity contribution in [3.63, 3.8) is 0 Å². The van der Waals surface area contributed by atoms with E-state index in [1.165, 1.54) is 0 Å². The minimum absolute atomic E-state index is 0.217. The molecule has 17 heavy (non-hydrogen) atoms. The summed E-state index contributed by atoms with van der Waals surface area (Å²) in [7, 11) is 0. The first-order valence-corrected chi connectivity index (χ1v) is 5.91. The molecule has 0 amide bonds. The van der Waals surface area contributed by atoms with Crippen LogP contribution in [0.4, 0.5) is 11.6 Å². The highest BCUT2D eigenvalue weighted by atomic mass is 15.3. The van der Waals surface area contributed by atoms with Crippen molar-refractivity contribution in [1.82, 2.24) is 9.97 Å². The third-order valence-electron chi connectivity index (χ3n) is 3.27. The van der Waals surface area contributed by atoms with Crippen LogP contribution in [-0.4, -0.2) is 16.5 Å². The molecular formula is C12H23N5. The normalized spacial score (nSPS) is 11.7. The van der Waals surface area contributed by atoms with Crippen LogP contribution in [0.1, 0.15) is 33.5 Å². The number of nitrogens with one attached hydrogen (secondary N) is 2. The zero-order chi connectivity index (χ0) is 13.1. The number of anilines is 2. The van der Waals surface area contributed by atoms with Gasteiger partial charge in [0.15, 0.2) is 0 Å². The van der Waals surface area contributed by atoms with Gasteiger partial charge in [0.25, 0.3) is 0 Å². The Balaban J connectivity index is 2.72. The van der Waals surface area contributed by atoms with Crippen LogP contribution in [0.25, 0.3) is 0 Å². The van der Waals surface area contributed by atoms with Crippen molar-refractivity contribution in [3.8, 4) is 0 Å². The molecule has 0 fully saturated rings. The van der Waals surface area contributed by atoms with Crippen LogP contribution < -0.4 is 16.6 Å². The van der Waals surface area contributed by atoms with Gasteiger partial charge in [0.2, 0.25) is 0 Å². The summed E-state index contributed by atoms with van der Waals surface area (Å²) < 4.78 is 0. The van der Waals surface area contributed by atoms with E-state index in [2.05, 4.69) is 48.4 Å². The molecule has 0 saturated carbocycles. The largest absolute Gasteiger partial charge is 0.369 e. The number of aryl methyl sites for hydroxylation is 1. The predicted octanol–water partition coefficient (Wildman–Crippen LogP) is 2.16. The predicted molar refractivity (Wildman–Crippen MR) is 71.7 cm³/mol. The molecule has 1 aromatic rings. The Kier molecular flexibility index (Phi) is 4.28. The lowest BCUT2D eigenvalue weighted by Crippen LogP contribution is -2.29. The number of nitrogen functional groups attached to an aromatic ring is 1. The molecule has 0 radical (unpaired) electrons. The van der Waals surface area contributed by atoms with Gasteiger partial charge in [-0.15, -0.1) is 0 Å². The van der Waals surface area contributed by atoms with Crippen molar-refractivity contribution in [2.75, 3.05) is 17.3 Å². The van der Waals surface area contributed by atoms with E-state index in [9.17, 15) is 0 Å². The smallest absolute Gasteiger partial charge is 0.145 e. The molecule has 0 unspecified atom stereocenters. The quantitative estimate of drug-likeness (QED) is 0.540. The summed E-state index contributed by atoms with van der Waals surface area (Å²) in [6.45, 7) is 11.6. The number of hydrogen-bond acceptors (Lipinski definition) is 5. The van der Waals surface area contributed by atoms with Gasteiger partial charge < -0.3 is 10.7 Å². The zero-order valence-corrected chi connectivity index (χ0v) is 11.3. The highest BCUT2D eigenvalue weighted by molar-refractivity contribution is 5.46. The van der Waals surface area contributed by atoms with Crippen molar-refractivity contribution in [1.29, 1.82) is 0 Å². The summed E-state index contributed by atoms with van der Waals surface area (Å²) in [5, 5.41) is 3.34. The summed E-state index contributed by atoms with van der Waals surface area (Å²) in [5.74, 6) is 8.08. The van der Waals surface area contributed by atoms with Crippen molar-refractivity contribution in [3.05, 3.63) is 11.9 Å². The SMILES string of the molecule is Cc1nc(NN)cc(NCC(C)(C)C(C)C)n1. The Hall–Kier alpha value is -1.36. The van der Waals surface area contributed by atoms with Gasteiger partial charge in [0.1, 0.15) is 17.5 Å².